The molecule has 3 amide bonds. The number of aryl methyl sites for hydroxylation is 2. The van der Waals surface area contributed by atoms with Gasteiger partial charge in [0.15, 0.2) is 4.34 Å². The normalized spacial score (nSPS) is 10.4. The van der Waals surface area contributed by atoms with E-state index in [1.807, 2.05) is 26.0 Å². The van der Waals surface area contributed by atoms with Crippen LogP contribution in [0.1, 0.15) is 28.4 Å². The molecule has 0 aliphatic rings. The van der Waals surface area contributed by atoms with Crippen LogP contribution in [0.5, 0.6) is 0 Å². The van der Waals surface area contributed by atoms with Crippen LogP contribution in [0.2, 0.25) is 0 Å². The zero-order valence-corrected chi connectivity index (χ0v) is 18.8. The van der Waals surface area contributed by atoms with Crippen molar-refractivity contribution >= 4 is 57.3 Å². The summed E-state index contributed by atoms with van der Waals surface area (Å²) in [7, 11) is 0. The molecule has 0 bridgehead atoms. The Morgan fingerprint density at radius 3 is 2.23 bits per heavy atom. The third kappa shape index (κ3) is 6.63. The van der Waals surface area contributed by atoms with Gasteiger partial charge >= 0.3 is 0 Å². The van der Waals surface area contributed by atoms with Crippen molar-refractivity contribution in [3.63, 3.8) is 0 Å². The lowest BCUT2D eigenvalue weighted by Gasteiger charge is -2.06. The van der Waals surface area contributed by atoms with Crippen LogP contribution in [-0.4, -0.2) is 33.7 Å². The summed E-state index contributed by atoms with van der Waals surface area (Å²) >= 11 is 2.44. The molecule has 3 aromatic rings. The molecule has 0 saturated heterocycles. The first kappa shape index (κ1) is 22.4. The number of carbonyl (C=O) groups excluding carboxylic acids is 3. The maximum absolute atomic E-state index is 12.4. The smallest absolute Gasteiger partial charge is 0.257 e. The van der Waals surface area contributed by atoms with Gasteiger partial charge in [0.1, 0.15) is 0 Å². The number of anilines is 3. The van der Waals surface area contributed by atoms with Gasteiger partial charge in [0.25, 0.3) is 5.91 Å². The molecule has 0 atom stereocenters. The topological polar surface area (TPSA) is 113 Å². The fraction of sp³-hybridized carbons (Fsp3) is 0.190. The van der Waals surface area contributed by atoms with Crippen LogP contribution in [0.25, 0.3) is 0 Å². The van der Waals surface area contributed by atoms with Crippen LogP contribution in [0.4, 0.5) is 16.5 Å². The van der Waals surface area contributed by atoms with Gasteiger partial charge in [-0.25, -0.2) is 0 Å². The van der Waals surface area contributed by atoms with E-state index in [4.69, 9.17) is 0 Å². The second-order valence-corrected chi connectivity index (χ2v) is 8.92. The largest absolute Gasteiger partial charge is 0.326 e. The zero-order chi connectivity index (χ0) is 22.4. The van der Waals surface area contributed by atoms with Gasteiger partial charge < -0.3 is 10.6 Å². The Labute approximate surface area is 187 Å². The Hall–Kier alpha value is -3.24. The van der Waals surface area contributed by atoms with E-state index in [-0.39, 0.29) is 23.5 Å². The third-order valence-corrected chi connectivity index (χ3v) is 6.18. The minimum Gasteiger partial charge on any atom is -0.326 e. The van der Waals surface area contributed by atoms with E-state index >= 15 is 0 Å². The van der Waals surface area contributed by atoms with Crippen molar-refractivity contribution in [3.8, 4) is 0 Å². The number of aromatic nitrogens is 2. The number of hydrogen-bond donors (Lipinski definition) is 3. The highest BCUT2D eigenvalue weighted by atomic mass is 32.2. The Morgan fingerprint density at radius 1 is 0.903 bits per heavy atom. The summed E-state index contributed by atoms with van der Waals surface area (Å²) in [5, 5.41) is 16.5. The minimum absolute atomic E-state index is 0.146. The van der Waals surface area contributed by atoms with E-state index < -0.39 is 0 Å². The number of nitrogens with one attached hydrogen (secondary N) is 3. The number of nitrogens with zero attached hydrogens (tertiary/aromatic N) is 2. The summed E-state index contributed by atoms with van der Waals surface area (Å²) in [5.74, 6) is -0.466. The highest BCUT2D eigenvalue weighted by Gasteiger charge is 2.12. The predicted octanol–water partition coefficient (Wildman–Crippen LogP) is 4.10. The lowest BCUT2D eigenvalue weighted by Crippen LogP contribution is -2.14. The number of benzene rings is 2. The summed E-state index contributed by atoms with van der Waals surface area (Å²) in [6.07, 6.45) is 0. The van der Waals surface area contributed by atoms with Gasteiger partial charge in [-0.15, -0.1) is 10.2 Å². The molecule has 0 radical (unpaired) electrons. The van der Waals surface area contributed by atoms with Crippen LogP contribution < -0.4 is 16.0 Å². The standard InChI is InChI=1S/C21H21N5O3S2/c1-12-4-5-15(10-13(12)2)19(29)24-20-25-26-21(31-20)30-11-18(28)23-17-8-6-16(7-9-17)22-14(3)27/h4-10H,11H2,1-3H3,(H,22,27)(H,23,28)(H,24,25,29). The van der Waals surface area contributed by atoms with Crippen LogP contribution in [0, 0.1) is 13.8 Å². The summed E-state index contributed by atoms with van der Waals surface area (Å²) in [5.41, 5.74) is 3.99. The maximum atomic E-state index is 12.4. The van der Waals surface area contributed by atoms with Crippen LogP contribution in [-0.2, 0) is 9.59 Å². The van der Waals surface area contributed by atoms with Crippen LogP contribution >= 0.6 is 23.1 Å². The summed E-state index contributed by atoms with van der Waals surface area (Å²) in [4.78, 5) is 35.6. The lowest BCUT2D eigenvalue weighted by molar-refractivity contribution is -0.114. The van der Waals surface area contributed by atoms with Crippen LogP contribution in [0.3, 0.4) is 0 Å². The fourth-order valence-corrected chi connectivity index (χ4v) is 4.08. The molecular formula is C21H21N5O3S2. The van der Waals surface area contributed by atoms with Gasteiger partial charge in [-0.2, -0.15) is 0 Å². The molecule has 0 aliphatic carbocycles. The van der Waals surface area contributed by atoms with Crippen LogP contribution in [0.15, 0.2) is 46.8 Å². The molecule has 10 heteroatoms. The Bertz CT molecular complexity index is 1110. The van der Waals surface area contributed by atoms with Crippen molar-refractivity contribution < 1.29 is 14.4 Å². The van der Waals surface area contributed by atoms with Gasteiger partial charge in [0, 0.05) is 23.9 Å². The average molecular weight is 456 g/mol. The molecule has 0 saturated carbocycles. The SMILES string of the molecule is CC(=O)Nc1ccc(NC(=O)CSc2nnc(NC(=O)c3ccc(C)c(C)c3)s2)cc1. The van der Waals surface area contributed by atoms with E-state index in [1.165, 1.54) is 30.0 Å². The molecule has 0 aliphatic heterocycles. The van der Waals surface area contributed by atoms with Crippen molar-refractivity contribution in [1.29, 1.82) is 0 Å². The predicted molar refractivity (Wildman–Crippen MR) is 124 cm³/mol. The molecule has 3 rings (SSSR count). The van der Waals surface area contributed by atoms with Crippen molar-refractivity contribution in [2.45, 2.75) is 25.1 Å². The minimum atomic E-state index is -0.253. The van der Waals surface area contributed by atoms with Crippen molar-refractivity contribution in [2.75, 3.05) is 21.7 Å². The number of amides is 3. The monoisotopic (exact) mass is 455 g/mol. The fourth-order valence-electron chi connectivity index (χ4n) is 2.54. The highest BCUT2D eigenvalue weighted by Crippen LogP contribution is 2.26. The van der Waals surface area contributed by atoms with Crippen molar-refractivity contribution in [2.24, 2.45) is 0 Å². The number of hydrogen-bond acceptors (Lipinski definition) is 7. The van der Waals surface area contributed by atoms with Crippen molar-refractivity contribution in [3.05, 3.63) is 59.2 Å². The van der Waals surface area contributed by atoms with E-state index in [0.717, 1.165) is 11.1 Å². The van der Waals surface area contributed by atoms with Gasteiger partial charge in [0.05, 0.1) is 5.75 Å². The molecule has 1 heterocycles. The number of carbonyl (C=O) groups is 3. The molecule has 0 spiro atoms. The van der Waals surface area contributed by atoms with Crippen molar-refractivity contribution in [1.82, 2.24) is 10.2 Å². The number of rotatable bonds is 7. The number of thioether (sulfide) groups is 1. The van der Waals surface area contributed by atoms with Gasteiger partial charge in [-0.3, -0.25) is 19.7 Å². The molecule has 3 N–H and O–H groups in total. The molecule has 31 heavy (non-hydrogen) atoms. The van der Waals surface area contributed by atoms with E-state index in [2.05, 4.69) is 26.1 Å². The Kier molecular flexibility index (Phi) is 7.37. The molecule has 0 unspecified atom stereocenters. The molecule has 1 aromatic heterocycles. The van der Waals surface area contributed by atoms with Gasteiger partial charge in [-0.05, 0) is 61.4 Å². The first-order valence-electron chi connectivity index (χ1n) is 9.32. The average Bonchev–Trinajstić information content (AvgIpc) is 3.17. The Morgan fingerprint density at radius 2 is 1.58 bits per heavy atom. The maximum Gasteiger partial charge on any atom is 0.257 e. The molecular weight excluding hydrogens is 434 g/mol. The third-order valence-electron chi connectivity index (χ3n) is 4.21. The summed E-state index contributed by atoms with van der Waals surface area (Å²) in [6.45, 7) is 5.37. The summed E-state index contributed by atoms with van der Waals surface area (Å²) < 4.78 is 0.576. The second-order valence-electron chi connectivity index (χ2n) is 6.72. The first-order valence-corrected chi connectivity index (χ1v) is 11.1. The zero-order valence-electron chi connectivity index (χ0n) is 17.2. The Balaban J connectivity index is 1.49. The molecule has 2 aromatic carbocycles. The molecule has 160 valence electrons. The van der Waals surface area contributed by atoms with E-state index in [0.29, 0.717) is 26.4 Å². The van der Waals surface area contributed by atoms with E-state index in [9.17, 15) is 14.4 Å². The quantitative estimate of drug-likeness (QED) is 0.365. The highest BCUT2D eigenvalue weighted by molar-refractivity contribution is 8.01. The second kappa shape index (κ2) is 10.2. The van der Waals surface area contributed by atoms with Gasteiger partial charge in [-0.1, -0.05) is 29.2 Å². The first-order chi connectivity index (χ1) is 14.8. The lowest BCUT2D eigenvalue weighted by atomic mass is 10.1. The molecule has 0 fully saturated rings. The van der Waals surface area contributed by atoms with Gasteiger partial charge in [0.2, 0.25) is 16.9 Å². The molecule has 8 nitrogen and oxygen atoms in total. The summed E-state index contributed by atoms with van der Waals surface area (Å²) in [6, 6.07) is 12.3. The van der Waals surface area contributed by atoms with E-state index in [1.54, 1.807) is 30.3 Å².